The predicted molar refractivity (Wildman–Crippen MR) is 76.7 cm³/mol. The van der Waals surface area contributed by atoms with Crippen LogP contribution >= 0.6 is 11.6 Å². The summed E-state index contributed by atoms with van der Waals surface area (Å²) in [5.41, 5.74) is 0.127. The van der Waals surface area contributed by atoms with Gasteiger partial charge in [-0.15, -0.1) is 0 Å². The Hall–Kier alpha value is -1.73. The van der Waals surface area contributed by atoms with E-state index in [9.17, 15) is 4.79 Å². The van der Waals surface area contributed by atoms with Gasteiger partial charge in [0.25, 0.3) is 0 Å². The molecule has 5 heteroatoms. The van der Waals surface area contributed by atoms with Gasteiger partial charge in [-0.25, -0.2) is 0 Å². The van der Waals surface area contributed by atoms with Gasteiger partial charge in [-0.05, 0) is 12.1 Å². The molecular weight excluding hydrogens is 278 g/mol. The van der Waals surface area contributed by atoms with Crippen molar-refractivity contribution in [1.82, 2.24) is 0 Å². The van der Waals surface area contributed by atoms with Crippen molar-refractivity contribution in [3.63, 3.8) is 0 Å². The van der Waals surface area contributed by atoms with Crippen LogP contribution in [0.1, 0.15) is 26.3 Å². The summed E-state index contributed by atoms with van der Waals surface area (Å²) in [4.78, 5) is 12.0. The number of hydrogen-bond acceptors (Lipinski definition) is 4. The summed E-state index contributed by atoms with van der Waals surface area (Å²) in [6.07, 6.45) is -0.833. The smallest absolute Gasteiger partial charge is 0.311 e. The highest BCUT2D eigenvalue weighted by molar-refractivity contribution is 6.31. The first-order valence-corrected chi connectivity index (χ1v) is 6.58. The van der Waals surface area contributed by atoms with Crippen LogP contribution in [0.3, 0.4) is 0 Å². The molecule has 0 aliphatic rings. The second kappa shape index (κ2) is 6.62. The van der Waals surface area contributed by atoms with Gasteiger partial charge in [-0.2, -0.15) is 5.26 Å². The number of hydrogen-bond donors (Lipinski definition) is 0. The molecular formula is C15H18ClNO3. The van der Waals surface area contributed by atoms with Gasteiger partial charge >= 0.3 is 5.97 Å². The first-order chi connectivity index (χ1) is 9.29. The van der Waals surface area contributed by atoms with E-state index in [1.165, 1.54) is 7.11 Å². The van der Waals surface area contributed by atoms with Gasteiger partial charge < -0.3 is 9.47 Å². The summed E-state index contributed by atoms with van der Waals surface area (Å²) in [6, 6.07) is 7.13. The van der Waals surface area contributed by atoms with Crippen LogP contribution in [-0.2, 0) is 16.0 Å². The Bertz CT molecular complexity index is 529. The average molecular weight is 296 g/mol. The highest BCUT2D eigenvalue weighted by Crippen LogP contribution is 2.28. The van der Waals surface area contributed by atoms with Crippen molar-refractivity contribution in [3.8, 4) is 11.8 Å². The molecule has 20 heavy (non-hydrogen) atoms. The first kappa shape index (κ1) is 16.3. The van der Waals surface area contributed by atoms with Gasteiger partial charge in [0.05, 0.1) is 13.5 Å². The molecule has 1 aromatic carbocycles. The Balaban J connectivity index is 2.85. The number of carbonyl (C=O) groups excluding carboxylic acids is 1. The van der Waals surface area contributed by atoms with Gasteiger partial charge in [0.15, 0.2) is 6.10 Å². The molecule has 0 heterocycles. The van der Waals surface area contributed by atoms with E-state index in [0.29, 0.717) is 16.3 Å². The zero-order valence-electron chi connectivity index (χ0n) is 12.1. The Morgan fingerprint density at radius 3 is 2.60 bits per heavy atom. The number of benzene rings is 1. The fourth-order valence-corrected chi connectivity index (χ4v) is 1.85. The van der Waals surface area contributed by atoms with Crippen molar-refractivity contribution in [3.05, 3.63) is 28.8 Å². The topological polar surface area (TPSA) is 59.3 Å². The number of carbonyl (C=O) groups is 1. The molecule has 0 N–H and O–H groups in total. The molecule has 0 unspecified atom stereocenters. The highest BCUT2D eigenvalue weighted by atomic mass is 35.5. The molecule has 1 aromatic rings. The van der Waals surface area contributed by atoms with Crippen molar-refractivity contribution >= 4 is 17.6 Å². The standard InChI is InChI=1S/C15H18ClNO3/c1-15(2,3)13(9-17)20-14(18)8-10-11(16)6-5-7-12(10)19-4/h5-7,13H,8H2,1-4H3/t13-/m0/s1. The number of halogens is 1. The van der Waals surface area contributed by atoms with Gasteiger partial charge in [-0.3, -0.25) is 4.79 Å². The van der Waals surface area contributed by atoms with E-state index in [2.05, 4.69) is 0 Å². The lowest BCUT2D eigenvalue weighted by molar-refractivity contribution is -0.149. The lowest BCUT2D eigenvalue weighted by atomic mass is 9.90. The molecule has 0 aliphatic carbocycles. The average Bonchev–Trinajstić information content (AvgIpc) is 2.37. The Morgan fingerprint density at radius 2 is 2.10 bits per heavy atom. The van der Waals surface area contributed by atoms with Crippen molar-refractivity contribution in [2.75, 3.05) is 7.11 Å². The third-order valence-corrected chi connectivity index (χ3v) is 3.12. The van der Waals surface area contributed by atoms with E-state index in [1.54, 1.807) is 18.2 Å². The SMILES string of the molecule is COc1cccc(Cl)c1CC(=O)O[C@@H](C#N)C(C)(C)C. The van der Waals surface area contributed by atoms with Crippen LogP contribution in [0.2, 0.25) is 5.02 Å². The lowest BCUT2D eigenvalue weighted by Gasteiger charge is -2.24. The maximum atomic E-state index is 12.0. The molecule has 108 valence electrons. The molecule has 0 saturated carbocycles. The predicted octanol–water partition coefficient (Wildman–Crippen LogP) is 3.37. The van der Waals surface area contributed by atoms with E-state index >= 15 is 0 Å². The van der Waals surface area contributed by atoms with Gasteiger partial charge in [0, 0.05) is 16.0 Å². The fourth-order valence-electron chi connectivity index (χ4n) is 1.62. The summed E-state index contributed by atoms with van der Waals surface area (Å²) < 4.78 is 10.4. The van der Waals surface area contributed by atoms with Crippen molar-refractivity contribution < 1.29 is 14.3 Å². The summed E-state index contributed by atoms with van der Waals surface area (Å²) in [6.45, 7) is 5.51. The number of rotatable bonds is 4. The fraction of sp³-hybridized carbons (Fsp3) is 0.467. The van der Waals surface area contributed by atoms with Gasteiger partial charge in [-0.1, -0.05) is 38.4 Å². The van der Waals surface area contributed by atoms with Crippen molar-refractivity contribution in [2.45, 2.75) is 33.3 Å². The third kappa shape index (κ3) is 4.14. The number of nitriles is 1. The van der Waals surface area contributed by atoms with E-state index < -0.39 is 17.5 Å². The van der Waals surface area contributed by atoms with E-state index in [-0.39, 0.29) is 6.42 Å². The minimum absolute atomic E-state index is 0.0306. The Kier molecular flexibility index (Phi) is 5.41. The third-order valence-electron chi connectivity index (χ3n) is 2.77. The van der Waals surface area contributed by atoms with Crippen LogP contribution in [0.4, 0.5) is 0 Å². The van der Waals surface area contributed by atoms with Gasteiger partial charge in [0.1, 0.15) is 11.8 Å². The summed E-state index contributed by atoms with van der Waals surface area (Å²) in [5, 5.41) is 9.49. The van der Waals surface area contributed by atoms with Crippen LogP contribution in [0, 0.1) is 16.7 Å². The van der Waals surface area contributed by atoms with Crippen LogP contribution in [0.25, 0.3) is 0 Å². The molecule has 0 amide bonds. The van der Waals surface area contributed by atoms with E-state index in [4.69, 9.17) is 26.3 Å². The summed E-state index contributed by atoms with van der Waals surface area (Å²) in [5.74, 6) is 0.0246. The number of ether oxygens (including phenoxy) is 2. The highest BCUT2D eigenvalue weighted by Gasteiger charge is 2.28. The molecule has 4 nitrogen and oxygen atoms in total. The Labute approximate surface area is 124 Å². The number of methoxy groups -OCH3 is 1. The second-order valence-electron chi connectivity index (χ2n) is 5.46. The zero-order chi connectivity index (χ0) is 15.3. The van der Waals surface area contributed by atoms with Gasteiger partial charge in [0.2, 0.25) is 0 Å². The molecule has 1 atom stereocenters. The molecule has 1 rings (SSSR count). The largest absolute Gasteiger partial charge is 0.496 e. The molecule has 0 fully saturated rings. The molecule has 0 spiro atoms. The first-order valence-electron chi connectivity index (χ1n) is 6.20. The van der Waals surface area contributed by atoms with Crippen molar-refractivity contribution in [1.29, 1.82) is 5.26 Å². The zero-order valence-corrected chi connectivity index (χ0v) is 12.8. The van der Waals surface area contributed by atoms with Crippen LogP contribution in [0.15, 0.2) is 18.2 Å². The quantitative estimate of drug-likeness (QED) is 0.799. The normalized spacial score (nSPS) is 12.4. The molecule has 0 bridgehead atoms. The molecule has 0 radical (unpaired) electrons. The lowest BCUT2D eigenvalue weighted by Crippen LogP contribution is -2.30. The van der Waals surface area contributed by atoms with Crippen LogP contribution < -0.4 is 4.74 Å². The number of esters is 1. The molecule has 0 aromatic heterocycles. The van der Waals surface area contributed by atoms with Crippen molar-refractivity contribution in [2.24, 2.45) is 5.41 Å². The summed E-state index contributed by atoms with van der Waals surface area (Å²) in [7, 11) is 1.51. The maximum Gasteiger partial charge on any atom is 0.311 e. The van der Waals surface area contributed by atoms with E-state index in [0.717, 1.165) is 0 Å². The van der Waals surface area contributed by atoms with Crippen LogP contribution in [-0.4, -0.2) is 19.2 Å². The molecule has 0 saturated heterocycles. The minimum Gasteiger partial charge on any atom is -0.496 e. The van der Waals surface area contributed by atoms with E-state index in [1.807, 2.05) is 26.8 Å². The maximum absolute atomic E-state index is 12.0. The number of nitrogens with zero attached hydrogens (tertiary/aromatic N) is 1. The van der Waals surface area contributed by atoms with Crippen LogP contribution in [0.5, 0.6) is 5.75 Å². The summed E-state index contributed by atoms with van der Waals surface area (Å²) >= 11 is 6.06. The monoisotopic (exact) mass is 295 g/mol. The minimum atomic E-state index is -0.802. The second-order valence-corrected chi connectivity index (χ2v) is 5.87. The Morgan fingerprint density at radius 1 is 1.45 bits per heavy atom. The molecule has 0 aliphatic heterocycles.